The van der Waals surface area contributed by atoms with Crippen LogP contribution in [0.2, 0.25) is 0 Å². The second kappa shape index (κ2) is 7.91. The summed E-state index contributed by atoms with van der Waals surface area (Å²) in [5.41, 5.74) is 0.797. The van der Waals surface area contributed by atoms with E-state index in [-0.39, 0.29) is 0 Å². The van der Waals surface area contributed by atoms with Gasteiger partial charge in [-0.3, -0.25) is 0 Å². The second-order valence-corrected chi connectivity index (χ2v) is 5.61. The van der Waals surface area contributed by atoms with Gasteiger partial charge in [-0.1, -0.05) is 71.9 Å². The zero-order valence-corrected chi connectivity index (χ0v) is 13.2. The number of ether oxygens (including phenoxy) is 1. The molecule has 0 radical (unpaired) electrons. The third-order valence-electron chi connectivity index (χ3n) is 2.65. The lowest BCUT2D eigenvalue weighted by Gasteiger charge is -2.10. The molecule has 2 rings (SSSR count). The smallest absolute Gasteiger partial charge is 0.346 e. The molecule has 108 valence electrons. The Bertz CT molecular complexity index is 624. The molecule has 2 aromatic carbocycles. The minimum absolute atomic E-state index is 0.316. The van der Waals surface area contributed by atoms with Gasteiger partial charge in [0.25, 0.3) is 0 Å². The van der Waals surface area contributed by atoms with E-state index < -0.39 is 5.97 Å². The van der Waals surface area contributed by atoms with Crippen molar-refractivity contribution in [1.82, 2.24) is 0 Å². The molecule has 0 aliphatic carbocycles. The quantitative estimate of drug-likeness (QED) is 0.443. The van der Waals surface area contributed by atoms with Crippen LogP contribution in [0.5, 0.6) is 0 Å². The van der Waals surface area contributed by atoms with E-state index in [0.717, 1.165) is 10.5 Å². The summed E-state index contributed by atoms with van der Waals surface area (Å²) in [6, 6.07) is 19.0. The fourth-order valence-electron chi connectivity index (χ4n) is 1.69. The lowest BCUT2D eigenvalue weighted by atomic mass is 10.2. The summed E-state index contributed by atoms with van der Waals surface area (Å²) in [7, 11) is 0. The van der Waals surface area contributed by atoms with Crippen LogP contribution in [-0.2, 0) is 9.53 Å². The van der Waals surface area contributed by atoms with Crippen LogP contribution >= 0.6 is 23.4 Å². The fourth-order valence-corrected chi connectivity index (χ4v) is 2.89. The number of esters is 1. The Hall–Kier alpha value is -1.71. The molecule has 0 N–H and O–H groups in total. The van der Waals surface area contributed by atoms with Crippen molar-refractivity contribution in [1.29, 1.82) is 0 Å². The predicted molar refractivity (Wildman–Crippen MR) is 88.1 cm³/mol. The number of hydrogen-bond donors (Lipinski definition) is 0. The topological polar surface area (TPSA) is 26.3 Å². The van der Waals surface area contributed by atoms with Gasteiger partial charge >= 0.3 is 5.97 Å². The van der Waals surface area contributed by atoms with Crippen LogP contribution in [0.25, 0.3) is 5.03 Å². The third kappa shape index (κ3) is 4.38. The standard InChI is InChI=1S/C17H15ClO2S/c1-2-20-17(19)16(21-14-11-7-4-8-12-14)15(18)13-9-5-3-6-10-13/h3-12H,2H2,1H3/b16-15-. The van der Waals surface area contributed by atoms with Crippen molar-refractivity contribution in [3.05, 3.63) is 71.1 Å². The molecule has 0 aliphatic rings. The molecule has 4 heteroatoms. The van der Waals surface area contributed by atoms with E-state index in [4.69, 9.17) is 16.3 Å². The highest BCUT2D eigenvalue weighted by molar-refractivity contribution is 8.04. The first-order valence-electron chi connectivity index (χ1n) is 6.57. The van der Waals surface area contributed by atoms with Gasteiger partial charge in [0.1, 0.15) is 4.91 Å². The molecule has 0 saturated carbocycles. The summed E-state index contributed by atoms with van der Waals surface area (Å²) >= 11 is 7.72. The molecule has 0 saturated heterocycles. The van der Waals surface area contributed by atoms with Crippen molar-refractivity contribution >= 4 is 34.4 Å². The molecule has 21 heavy (non-hydrogen) atoms. The number of benzene rings is 2. The van der Waals surface area contributed by atoms with Crippen molar-refractivity contribution in [2.24, 2.45) is 0 Å². The van der Waals surface area contributed by atoms with Crippen molar-refractivity contribution in [3.8, 4) is 0 Å². The van der Waals surface area contributed by atoms with Crippen LogP contribution < -0.4 is 0 Å². The molecule has 0 amide bonds. The van der Waals surface area contributed by atoms with Crippen molar-refractivity contribution in [2.75, 3.05) is 6.61 Å². The molecule has 0 unspecified atom stereocenters. The van der Waals surface area contributed by atoms with Crippen LogP contribution in [0.4, 0.5) is 0 Å². The lowest BCUT2D eigenvalue weighted by Crippen LogP contribution is -2.06. The highest BCUT2D eigenvalue weighted by Crippen LogP contribution is 2.35. The van der Waals surface area contributed by atoms with Gasteiger partial charge in [-0.2, -0.15) is 0 Å². The van der Waals surface area contributed by atoms with Crippen LogP contribution in [0, 0.1) is 0 Å². The van der Waals surface area contributed by atoms with Gasteiger partial charge < -0.3 is 4.74 Å². The van der Waals surface area contributed by atoms with Crippen molar-refractivity contribution < 1.29 is 9.53 Å². The third-order valence-corrected chi connectivity index (χ3v) is 4.25. The zero-order valence-electron chi connectivity index (χ0n) is 11.6. The largest absolute Gasteiger partial charge is 0.462 e. The van der Waals surface area contributed by atoms with Crippen LogP contribution in [0.1, 0.15) is 12.5 Å². The van der Waals surface area contributed by atoms with Gasteiger partial charge in [0.15, 0.2) is 0 Å². The Balaban J connectivity index is 2.38. The Morgan fingerprint density at radius 2 is 1.62 bits per heavy atom. The number of thioether (sulfide) groups is 1. The van der Waals surface area contributed by atoms with Crippen LogP contribution in [-0.4, -0.2) is 12.6 Å². The summed E-state index contributed by atoms with van der Waals surface area (Å²) in [5, 5.41) is 0.405. The minimum Gasteiger partial charge on any atom is -0.462 e. The van der Waals surface area contributed by atoms with Gasteiger partial charge in [-0.15, -0.1) is 0 Å². The first-order valence-corrected chi connectivity index (χ1v) is 7.77. The summed E-state index contributed by atoms with van der Waals surface area (Å²) in [5.74, 6) is -0.403. The summed E-state index contributed by atoms with van der Waals surface area (Å²) in [6.07, 6.45) is 0. The van der Waals surface area contributed by atoms with Gasteiger partial charge in [0, 0.05) is 4.90 Å². The number of rotatable bonds is 5. The maximum atomic E-state index is 12.2. The molecule has 0 fully saturated rings. The first kappa shape index (κ1) is 15.7. The average Bonchev–Trinajstić information content (AvgIpc) is 2.54. The monoisotopic (exact) mass is 318 g/mol. The molecule has 0 atom stereocenters. The lowest BCUT2D eigenvalue weighted by molar-refractivity contribution is -0.137. The van der Waals surface area contributed by atoms with E-state index in [2.05, 4.69) is 0 Å². The van der Waals surface area contributed by atoms with Crippen LogP contribution in [0.3, 0.4) is 0 Å². The van der Waals surface area contributed by atoms with Gasteiger partial charge in [0.05, 0.1) is 11.6 Å². The zero-order chi connectivity index (χ0) is 15.1. The van der Waals surface area contributed by atoms with Gasteiger partial charge in [-0.05, 0) is 24.6 Å². The normalized spacial score (nSPS) is 11.7. The SMILES string of the molecule is CCOC(=O)/C(Sc1ccccc1)=C(/Cl)c1ccccc1. The summed E-state index contributed by atoms with van der Waals surface area (Å²) in [6.45, 7) is 2.09. The molecule has 0 spiro atoms. The molecule has 0 aliphatic heterocycles. The fraction of sp³-hybridized carbons (Fsp3) is 0.118. The van der Waals surface area contributed by atoms with E-state index in [1.807, 2.05) is 60.7 Å². The molecular formula is C17H15ClO2S. The average molecular weight is 319 g/mol. The van der Waals surface area contributed by atoms with E-state index in [1.54, 1.807) is 6.92 Å². The second-order valence-electron chi connectivity index (χ2n) is 4.14. The Labute approximate surface area is 133 Å². The van der Waals surface area contributed by atoms with E-state index in [9.17, 15) is 4.79 Å². The molecule has 0 heterocycles. The van der Waals surface area contributed by atoms with Crippen molar-refractivity contribution in [3.63, 3.8) is 0 Å². The first-order chi connectivity index (χ1) is 10.2. The molecule has 0 bridgehead atoms. The maximum Gasteiger partial charge on any atom is 0.346 e. The predicted octanol–water partition coefficient (Wildman–Crippen LogP) is 4.95. The van der Waals surface area contributed by atoms with Gasteiger partial charge in [-0.25, -0.2) is 4.79 Å². The Morgan fingerprint density at radius 1 is 1.05 bits per heavy atom. The Morgan fingerprint density at radius 3 is 2.19 bits per heavy atom. The molecule has 0 aromatic heterocycles. The van der Waals surface area contributed by atoms with Crippen molar-refractivity contribution in [2.45, 2.75) is 11.8 Å². The van der Waals surface area contributed by atoms with Crippen LogP contribution in [0.15, 0.2) is 70.5 Å². The van der Waals surface area contributed by atoms with E-state index in [0.29, 0.717) is 16.5 Å². The maximum absolute atomic E-state index is 12.2. The van der Waals surface area contributed by atoms with E-state index >= 15 is 0 Å². The number of halogens is 1. The summed E-state index contributed by atoms with van der Waals surface area (Å²) < 4.78 is 5.12. The molecule has 2 aromatic rings. The highest BCUT2D eigenvalue weighted by Gasteiger charge is 2.18. The molecular weight excluding hydrogens is 304 g/mol. The minimum atomic E-state index is -0.403. The Kier molecular flexibility index (Phi) is 5.90. The number of hydrogen-bond acceptors (Lipinski definition) is 3. The highest BCUT2D eigenvalue weighted by atomic mass is 35.5. The van der Waals surface area contributed by atoms with E-state index in [1.165, 1.54) is 11.8 Å². The number of carbonyl (C=O) groups excluding carboxylic acids is 1. The number of carbonyl (C=O) groups is 1. The molecule has 2 nitrogen and oxygen atoms in total. The van der Waals surface area contributed by atoms with Gasteiger partial charge in [0.2, 0.25) is 0 Å². The summed E-state index contributed by atoms with van der Waals surface area (Å²) in [4.78, 5) is 13.5.